The number of esters is 1. The van der Waals surface area contributed by atoms with Crippen molar-refractivity contribution in [3.63, 3.8) is 0 Å². The minimum Gasteiger partial charge on any atom is -0.454 e. The van der Waals surface area contributed by atoms with Crippen molar-refractivity contribution < 1.29 is 19.1 Å². The molecule has 0 heterocycles. The molecular weight excluding hydrogens is 392 g/mol. The predicted molar refractivity (Wildman–Crippen MR) is 118 cm³/mol. The lowest BCUT2D eigenvalue weighted by molar-refractivity contribution is -0.157. The van der Waals surface area contributed by atoms with Crippen LogP contribution in [0.4, 0.5) is 0 Å². The largest absolute Gasteiger partial charge is 0.454 e. The molecule has 5 aliphatic rings. The summed E-state index contributed by atoms with van der Waals surface area (Å²) >= 11 is 0. The van der Waals surface area contributed by atoms with E-state index >= 15 is 0 Å². The van der Waals surface area contributed by atoms with Crippen molar-refractivity contribution in [3.8, 4) is 0 Å². The molecule has 2 N–H and O–H groups in total. The number of carbonyl (C=O) groups is 3. The number of rotatable bonds is 7. The highest BCUT2D eigenvalue weighted by atomic mass is 16.5. The second-order valence-corrected chi connectivity index (χ2v) is 11.4. The molecule has 31 heavy (non-hydrogen) atoms. The molecule has 0 aliphatic heterocycles. The van der Waals surface area contributed by atoms with Crippen LogP contribution in [0.2, 0.25) is 0 Å². The predicted octanol–water partition coefficient (Wildman–Crippen LogP) is 3.58. The molecule has 0 unspecified atom stereocenters. The third-order valence-electron chi connectivity index (χ3n) is 8.53. The Bertz CT molecular complexity index is 668. The molecule has 0 spiro atoms. The minimum absolute atomic E-state index is 0.0303. The summed E-state index contributed by atoms with van der Waals surface area (Å²) in [7, 11) is 0. The Hall–Kier alpha value is -1.59. The van der Waals surface area contributed by atoms with Crippen LogP contribution < -0.4 is 10.6 Å². The van der Waals surface area contributed by atoms with Crippen LogP contribution in [-0.2, 0) is 19.1 Å². The van der Waals surface area contributed by atoms with E-state index in [0.29, 0.717) is 23.7 Å². The first-order valence-electron chi connectivity index (χ1n) is 12.5. The normalized spacial score (nSPS) is 37.4. The highest BCUT2D eigenvalue weighted by Crippen LogP contribution is 2.60. The molecule has 6 nitrogen and oxygen atoms in total. The van der Waals surface area contributed by atoms with Gasteiger partial charge in [0.1, 0.15) is 6.04 Å². The molecule has 174 valence electrons. The summed E-state index contributed by atoms with van der Waals surface area (Å²) in [6.07, 6.45) is 11.2. The third kappa shape index (κ3) is 4.93. The smallest absolute Gasteiger partial charge is 0.329 e. The molecule has 0 radical (unpaired) electrons. The third-order valence-corrected chi connectivity index (χ3v) is 8.53. The van der Waals surface area contributed by atoms with Crippen molar-refractivity contribution in [1.82, 2.24) is 10.6 Å². The van der Waals surface area contributed by atoms with Crippen molar-refractivity contribution in [2.24, 2.45) is 35.0 Å². The van der Waals surface area contributed by atoms with Crippen LogP contribution in [0, 0.1) is 35.0 Å². The Morgan fingerprint density at radius 3 is 2.10 bits per heavy atom. The molecule has 6 heteroatoms. The van der Waals surface area contributed by atoms with Crippen molar-refractivity contribution >= 4 is 17.8 Å². The Morgan fingerprint density at radius 2 is 1.55 bits per heavy atom. The van der Waals surface area contributed by atoms with Crippen LogP contribution in [0.5, 0.6) is 0 Å². The van der Waals surface area contributed by atoms with Gasteiger partial charge in [0.15, 0.2) is 6.61 Å². The van der Waals surface area contributed by atoms with Crippen LogP contribution in [0.15, 0.2) is 0 Å². The van der Waals surface area contributed by atoms with Crippen LogP contribution in [0.3, 0.4) is 0 Å². The molecule has 0 aromatic heterocycles. The summed E-state index contributed by atoms with van der Waals surface area (Å²) in [5.41, 5.74) is -0.295. The Labute approximate surface area is 186 Å². The van der Waals surface area contributed by atoms with Crippen LogP contribution in [0.1, 0.15) is 85.0 Å². The van der Waals surface area contributed by atoms with Gasteiger partial charge in [0, 0.05) is 11.5 Å². The van der Waals surface area contributed by atoms with Gasteiger partial charge in [-0.25, -0.2) is 4.79 Å². The molecular formula is C25H40N2O4. The second-order valence-electron chi connectivity index (χ2n) is 11.4. The van der Waals surface area contributed by atoms with E-state index in [2.05, 4.69) is 17.6 Å². The Balaban J connectivity index is 1.30. The van der Waals surface area contributed by atoms with E-state index < -0.39 is 12.0 Å². The van der Waals surface area contributed by atoms with Crippen molar-refractivity contribution in [1.29, 1.82) is 0 Å². The van der Waals surface area contributed by atoms with Crippen molar-refractivity contribution in [2.75, 3.05) is 6.61 Å². The maximum Gasteiger partial charge on any atom is 0.329 e. The number of carbonyl (C=O) groups excluding carboxylic acids is 3. The van der Waals surface area contributed by atoms with Crippen LogP contribution in [-0.4, -0.2) is 36.5 Å². The van der Waals surface area contributed by atoms with Gasteiger partial charge in [-0.1, -0.05) is 33.6 Å². The first kappa shape index (κ1) is 22.6. The monoisotopic (exact) mass is 432 g/mol. The van der Waals surface area contributed by atoms with Gasteiger partial charge in [0.05, 0.1) is 0 Å². The summed E-state index contributed by atoms with van der Waals surface area (Å²) < 4.78 is 5.36. The number of ether oxygens (including phenoxy) is 1. The highest BCUT2D eigenvalue weighted by Gasteiger charge is 2.55. The minimum atomic E-state index is -0.707. The first-order valence-corrected chi connectivity index (χ1v) is 12.5. The Morgan fingerprint density at radius 1 is 0.968 bits per heavy atom. The fourth-order valence-corrected chi connectivity index (χ4v) is 7.19. The van der Waals surface area contributed by atoms with E-state index in [1.807, 2.05) is 13.8 Å². The van der Waals surface area contributed by atoms with E-state index in [4.69, 9.17) is 4.74 Å². The van der Waals surface area contributed by atoms with Gasteiger partial charge in [-0.2, -0.15) is 0 Å². The maximum absolute atomic E-state index is 13.4. The van der Waals surface area contributed by atoms with Gasteiger partial charge in [0.25, 0.3) is 5.91 Å². The number of hydrogen-bond donors (Lipinski definition) is 2. The molecule has 0 aromatic rings. The summed E-state index contributed by atoms with van der Waals surface area (Å²) in [5, 5.41) is 6.06. The van der Waals surface area contributed by atoms with E-state index in [1.165, 1.54) is 25.7 Å². The zero-order chi connectivity index (χ0) is 22.2. The first-order chi connectivity index (χ1) is 14.8. The number of nitrogens with one attached hydrogen (secondary N) is 2. The van der Waals surface area contributed by atoms with Crippen molar-refractivity contribution in [2.45, 2.75) is 97.1 Å². The second kappa shape index (κ2) is 9.11. The quantitative estimate of drug-likeness (QED) is 0.602. The SMILES string of the molecule is CC(C)[C@@H](NC(=O)C12CC3CC(CC(C3)C1)C2)C(=O)OCC(=O)N[C@H]1CCCC[C@H]1C. The van der Waals surface area contributed by atoms with Crippen molar-refractivity contribution in [3.05, 3.63) is 0 Å². The van der Waals surface area contributed by atoms with Crippen LogP contribution in [0.25, 0.3) is 0 Å². The molecule has 5 rings (SSSR count). The lowest BCUT2D eigenvalue weighted by Gasteiger charge is -2.55. The maximum atomic E-state index is 13.4. The summed E-state index contributed by atoms with van der Waals surface area (Å²) in [4.78, 5) is 38.5. The number of amides is 2. The summed E-state index contributed by atoms with van der Waals surface area (Å²) in [6.45, 7) is 5.70. The molecule has 0 saturated heterocycles. The molecule has 5 fully saturated rings. The highest BCUT2D eigenvalue weighted by molar-refractivity contribution is 5.89. The van der Waals surface area contributed by atoms with E-state index in [1.54, 1.807) is 0 Å². The molecule has 3 atom stereocenters. The molecule has 0 aromatic carbocycles. The topological polar surface area (TPSA) is 84.5 Å². The summed E-state index contributed by atoms with van der Waals surface area (Å²) in [5.74, 6) is 1.67. The fraction of sp³-hybridized carbons (Fsp3) is 0.880. The van der Waals surface area contributed by atoms with Gasteiger partial charge in [0.2, 0.25) is 5.91 Å². The van der Waals surface area contributed by atoms with Crippen LogP contribution >= 0.6 is 0 Å². The van der Waals surface area contributed by atoms with Gasteiger partial charge in [-0.15, -0.1) is 0 Å². The fourth-order valence-electron chi connectivity index (χ4n) is 7.19. The molecule has 5 saturated carbocycles. The average Bonchev–Trinajstić information content (AvgIpc) is 2.70. The van der Waals surface area contributed by atoms with Gasteiger partial charge in [-0.3, -0.25) is 9.59 Å². The van der Waals surface area contributed by atoms with E-state index in [-0.39, 0.29) is 35.8 Å². The van der Waals surface area contributed by atoms with Gasteiger partial charge < -0.3 is 15.4 Å². The number of hydrogen-bond acceptors (Lipinski definition) is 4. The average molecular weight is 433 g/mol. The molecule has 2 amide bonds. The lowest BCUT2D eigenvalue weighted by atomic mass is 9.49. The zero-order valence-electron chi connectivity index (χ0n) is 19.5. The molecule has 4 bridgehead atoms. The summed E-state index contributed by atoms with van der Waals surface area (Å²) in [6, 6.07) is -0.543. The Kier molecular flexibility index (Phi) is 6.64. The standard InChI is InChI=1S/C25H40N2O4/c1-15(2)22(23(29)31-14-21(28)26-20-7-5-4-6-16(20)3)27-24(30)25-11-17-8-18(12-25)10-19(9-17)13-25/h15-20,22H,4-14H2,1-3H3,(H,26,28)(H,27,30)/t16-,17?,18?,19?,20+,22-,25?/m1/s1. The zero-order valence-corrected chi connectivity index (χ0v) is 19.5. The molecule has 5 aliphatic carbocycles. The lowest BCUT2D eigenvalue weighted by Crippen LogP contribution is -2.57. The van der Waals surface area contributed by atoms with E-state index in [0.717, 1.165) is 38.5 Å². The van der Waals surface area contributed by atoms with Gasteiger partial charge >= 0.3 is 5.97 Å². The van der Waals surface area contributed by atoms with E-state index in [9.17, 15) is 14.4 Å². The van der Waals surface area contributed by atoms with Gasteiger partial charge in [-0.05, 0) is 81.0 Å².